The number of hydrogen-bond acceptors (Lipinski definition) is 5. The molecule has 31 heavy (non-hydrogen) atoms. The first-order valence-electron chi connectivity index (χ1n) is 9.87. The first kappa shape index (κ1) is 21.0. The molecular formula is C22H22N4O4S. The number of benzene rings is 2. The van der Waals surface area contributed by atoms with E-state index in [1.54, 1.807) is 29.3 Å². The van der Waals surface area contributed by atoms with Crippen LogP contribution in [-0.2, 0) is 14.8 Å². The molecule has 2 amide bonds. The van der Waals surface area contributed by atoms with Crippen LogP contribution in [0.3, 0.4) is 0 Å². The van der Waals surface area contributed by atoms with Crippen molar-refractivity contribution in [2.75, 3.05) is 31.5 Å². The maximum absolute atomic E-state index is 13.1. The lowest BCUT2D eigenvalue weighted by molar-refractivity contribution is -0.129. The fraction of sp³-hybridized carbons (Fsp3) is 0.227. The molecule has 9 heteroatoms. The molecule has 1 aliphatic heterocycles. The summed E-state index contributed by atoms with van der Waals surface area (Å²) >= 11 is 0. The molecular weight excluding hydrogens is 416 g/mol. The van der Waals surface area contributed by atoms with E-state index in [1.165, 1.54) is 23.4 Å². The Kier molecular flexibility index (Phi) is 5.71. The molecule has 1 fully saturated rings. The number of carbonyl (C=O) groups excluding carboxylic acids is 2. The molecule has 0 radical (unpaired) electrons. The van der Waals surface area contributed by atoms with E-state index in [9.17, 15) is 18.0 Å². The summed E-state index contributed by atoms with van der Waals surface area (Å²) in [4.78, 5) is 30.3. The standard InChI is InChI=1S/C22H22N4O4S/c1-16(27)25-11-13-26(14-12-25)31(29,30)18-6-4-5-17(15-18)22(28)24-21-9-10-23-20-8-3-2-7-19(20)21/h2-10,15H,11-14H2,1H3,(H,23,24,28). The fourth-order valence-electron chi connectivity index (χ4n) is 3.59. The Balaban J connectivity index is 1.55. The van der Waals surface area contributed by atoms with E-state index in [0.717, 1.165) is 10.9 Å². The van der Waals surface area contributed by atoms with Crippen molar-refractivity contribution in [2.24, 2.45) is 0 Å². The molecule has 0 spiro atoms. The van der Waals surface area contributed by atoms with Gasteiger partial charge in [-0.15, -0.1) is 0 Å². The Hall–Kier alpha value is -3.30. The maximum Gasteiger partial charge on any atom is 0.255 e. The van der Waals surface area contributed by atoms with Gasteiger partial charge < -0.3 is 10.2 Å². The van der Waals surface area contributed by atoms with Crippen LogP contribution in [0, 0.1) is 0 Å². The predicted molar refractivity (Wildman–Crippen MR) is 117 cm³/mol. The van der Waals surface area contributed by atoms with Crippen molar-refractivity contribution in [1.82, 2.24) is 14.2 Å². The van der Waals surface area contributed by atoms with Crippen molar-refractivity contribution in [3.05, 3.63) is 66.4 Å². The van der Waals surface area contributed by atoms with Crippen LogP contribution in [0.25, 0.3) is 10.9 Å². The Morgan fingerprint density at radius 1 is 0.968 bits per heavy atom. The number of nitrogens with one attached hydrogen (secondary N) is 1. The molecule has 0 unspecified atom stereocenters. The molecule has 160 valence electrons. The molecule has 0 bridgehead atoms. The number of hydrogen-bond donors (Lipinski definition) is 1. The summed E-state index contributed by atoms with van der Waals surface area (Å²) in [6, 6.07) is 15.1. The van der Waals surface area contributed by atoms with E-state index in [2.05, 4.69) is 10.3 Å². The van der Waals surface area contributed by atoms with Crippen LogP contribution in [-0.4, -0.2) is 60.6 Å². The number of sulfonamides is 1. The Labute approximate surface area is 180 Å². The number of piperazine rings is 1. The molecule has 0 atom stereocenters. The van der Waals surface area contributed by atoms with Gasteiger partial charge in [0.15, 0.2) is 0 Å². The zero-order chi connectivity index (χ0) is 22.0. The van der Waals surface area contributed by atoms with Crippen molar-refractivity contribution < 1.29 is 18.0 Å². The minimum Gasteiger partial charge on any atom is -0.340 e. The average Bonchev–Trinajstić information content (AvgIpc) is 2.79. The second-order valence-electron chi connectivity index (χ2n) is 7.27. The third kappa shape index (κ3) is 4.28. The highest BCUT2D eigenvalue weighted by Crippen LogP contribution is 2.23. The van der Waals surface area contributed by atoms with Crippen LogP contribution in [0.15, 0.2) is 65.7 Å². The molecule has 0 saturated carbocycles. The number of anilines is 1. The van der Waals surface area contributed by atoms with Crippen molar-refractivity contribution in [1.29, 1.82) is 0 Å². The predicted octanol–water partition coefficient (Wildman–Crippen LogP) is 2.34. The van der Waals surface area contributed by atoms with Gasteiger partial charge in [-0.3, -0.25) is 14.6 Å². The van der Waals surface area contributed by atoms with Gasteiger partial charge in [0.05, 0.1) is 16.1 Å². The van der Waals surface area contributed by atoms with E-state index in [4.69, 9.17) is 0 Å². The van der Waals surface area contributed by atoms with E-state index in [-0.39, 0.29) is 29.5 Å². The molecule has 1 N–H and O–H groups in total. The first-order chi connectivity index (χ1) is 14.9. The SMILES string of the molecule is CC(=O)N1CCN(S(=O)(=O)c2cccc(C(=O)Nc3ccnc4ccccc34)c2)CC1. The number of amides is 2. The van der Waals surface area contributed by atoms with Crippen LogP contribution in [0.4, 0.5) is 5.69 Å². The summed E-state index contributed by atoms with van der Waals surface area (Å²) in [5, 5.41) is 3.64. The number of fused-ring (bicyclic) bond motifs is 1. The molecule has 1 aliphatic rings. The smallest absolute Gasteiger partial charge is 0.255 e. The van der Waals surface area contributed by atoms with Crippen LogP contribution in [0.1, 0.15) is 17.3 Å². The highest BCUT2D eigenvalue weighted by molar-refractivity contribution is 7.89. The van der Waals surface area contributed by atoms with Gasteiger partial charge in [0.25, 0.3) is 5.91 Å². The Bertz CT molecular complexity index is 1250. The highest BCUT2D eigenvalue weighted by atomic mass is 32.2. The number of carbonyl (C=O) groups is 2. The highest BCUT2D eigenvalue weighted by Gasteiger charge is 2.29. The second kappa shape index (κ2) is 8.44. The first-order valence-corrected chi connectivity index (χ1v) is 11.3. The fourth-order valence-corrected chi connectivity index (χ4v) is 5.06. The molecule has 2 aromatic carbocycles. The topological polar surface area (TPSA) is 99.7 Å². The van der Waals surface area contributed by atoms with Gasteiger partial charge in [-0.25, -0.2) is 8.42 Å². The van der Waals surface area contributed by atoms with Crippen LogP contribution in [0.5, 0.6) is 0 Å². The van der Waals surface area contributed by atoms with E-state index in [1.807, 2.05) is 24.3 Å². The van der Waals surface area contributed by atoms with Crippen molar-refractivity contribution in [3.63, 3.8) is 0 Å². The van der Waals surface area contributed by atoms with Gasteiger partial charge >= 0.3 is 0 Å². The van der Waals surface area contributed by atoms with Gasteiger partial charge in [-0.2, -0.15) is 4.31 Å². The summed E-state index contributed by atoms with van der Waals surface area (Å²) in [7, 11) is -3.77. The van der Waals surface area contributed by atoms with Crippen LogP contribution in [0.2, 0.25) is 0 Å². The summed E-state index contributed by atoms with van der Waals surface area (Å²) < 4.78 is 27.5. The molecule has 1 saturated heterocycles. The summed E-state index contributed by atoms with van der Waals surface area (Å²) in [6.07, 6.45) is 1.61. The number of para-hydroxylation sites is 1. The number of nitrogens with zero attached hydrogens (tertiary/aromatic N) is 3. The van der Waals surface area contributed by atoms with Crippen molar-refractivity contribution >= 4 is 38.4 Å². The lowest BCUT2D eigenvalue weighted by atomic mass is 10.1. The molecule has 8 nitrogen and oxygen atoms in total. The van der Waals surface area contributed by atoms with Gasteiger partial charge in [-0.05, 0) is 30.3 Å². The number of rotatable bonds is 4. The molecule has 2 heterocycles. The van der Waals surface area contributed by atoms with Crippen molar-refractivity contribution in [3.8, 4) is 0 Å². The second-order valence-corrected chi connectivity index (χ2v) is 9.21. The Morgan fingerprint density at radius 3 is 2.45 bits per heavy atom. The molecule has 3 aromatic rings. The summed E-state index contributed by atoms with van der Waals surface area (Å²) in [6.45, 7) is 2.62. The van der Waals surface area contributed by atoms with Gasteiger partial charge in [0.2, 0.25) is 15.9 Å². The van der Waals surface area contributed by atoms with E-state index >= 15 is 0 Å². The van der Waals surface area contributed by atoms with Gasteiger partial charge in [0, 0.05) is 50.2 Å². The van der Waals surface area contributed by atoms with Crippen LogP contribution < -0.4 is 5.32 Å². The third-order valence-corrected chi connectivity index (χ3v) is 7.21. The third-order valence-electron chi connectivity index (χ3n) is 5.32. The minimum absolute atomic E-state index is 0.0519. The lowest BCUT2D eigenvalue weighted by Gasteiger charge is -2.33. The number of pyridine rings is 1. The lowest BCUT2D eigenvalue weighted by Crippen LogP contribution is -2.49. The van der Waals surface area contributed by atoms with E-state index < -0.39 is 15.9 Å². The van der Waals surface area contributed by atoms with Crippen molar-refractivity contribution in [2.45, 2.75) is 11.8 Å². The number of aromatic nitrogens is 1. The van der Waals surface area contributed by atoms with Gasteiger partial charge in [0.1, 0.15) is 0 Å². The molecule has 1 aromatic heterocycles. The Morgan fingerprint density at radius 2 is 1.71 bits per heavy atom. The quantitative estimate of drug-likeness (QED) is 0.674. The maximum atomic E-state index is 13.1. The zero-order valence-electron chi connectivity index (χ0n) is 17.0. The normalized spacial score (nSPS) is 15.1. The zero-order valence-corrected chi connectivity index (χ0v) is 17.8. The van der Waals surface area contributed by atoms with Gasteiger partial charge in [-0.1, -0.05) is 24.3 Å². The summed E-state index contributed by atoms with van der Waals surface area (Å²) in [5.74, 6) is -0.478. The monoisotopic (exact) mass is 438 g/mol. The summed E-state index contributed by atoms with van der Waals surface area (Å²) in [5.41, 5.74) is 1.59. The average molecular weight is 439 g/mol. The minimum atomic E-state index is -3.77. The van der Waals surface area contributed by atoms with Crippen LogP contribution >= 0.6 is 0 Å². The largest absolute Gasteiger partial charge is 0.340 e. The molecule has 4 rings (SSSR count). The van der Waals surface area contributed by atoms with E-state index in [0.29, 0.717) is 18.8 Å². The molecule has 0 aliphatic carbocycles.